The van der Waals surface area contributed by atoms with E-state index in [1.807, 2.05) is 18.2 Å². The lowest BCUT2D eigenvalue weighted by atomic mass is 10.1. The summed E-state index contributed by atoms with van der Waals surface area (Å²) in [5.74, 6) is 1.32. The number of hydrogen-bond acceptors (Lipinski definition) is 3. The van der Waals surface area contributed by atoms with Gasteiger partial charge < -0.3 is 9.84 Å². The van der Waals surface area contributed by atoms with Crippen molar-refractivity contribution in [2.75, 3.05) is 0 Å². The van der Waals surface area contributed by atoms with Gasteiger partial charge in [0.05, 0.1) is 6.10 Å². The van der Waals surface area contributed by atoms with Crippen LogP contribution in [0.4, 0.5) is 0 Å². The lowest BCUT2D eigenvalue weighted by molar-refractivity contribution is 0.198. The average molecular weight is 271 g/mol. The molecule has 106 valence electrons. The smallest absolute Gasteiger partial charge is 0.219 e. The lowest BCUT2D eigenvalue weighted by Gasteiger charge is -2.08. The van der Waals surface area contributed by atoms with Gasteiger partial charge in [-0.1, -0.05) is 25.5 Å². The maximum Gasteiger partial charge on any atom is 0.219 e. The lowest BCUT2D eigenvalue weighted by Crippen LogP contribution is -1.94. The first-order valence-electron chi connectivity index (χ1n) is 7.10. The van der Waals surface area contributed by atoms with Crippen LogP contribution in [0, 0.1) is 0 Å². The molecule has 20 heavy (non-hydrogen) atoms. The highest BCUT2D eigenvalue weighted by Gasteiger charge is 2.03. The van der Waals surface area contributed by atoms with Crippen molar-refractivity contribution in [2.45, 2.75) is 39.2 Å². The molecule has 0 amide bonds. The molecule has 1 heterocycles. The Balaban J connectivity index is 1.98. The van der Waals surface area contributed by atoms with Gasteiger partial charge in [0.15, 0.2) is 0 Å². The molecule has 1 N–H and O–H groups in total. The predicted octanol–water partition coefficient (Wildman–Crippen LogP) is 4.27. The molecule has 0 radical (unpaired) electrons. The molecule has 0 bridgehead atoms. The van der Waals surface area contributed by atoms with Crippen LogP contribution in [0.5, 0.6) is 11.6 Å². The number of hydrogen-bond donors (Lipinski definition) is 1. The number of rotatable bonds is 6. The van der Waals surface area contributed by atoms with Crippen molar-refractivity contribution in [3.63, 3.8) is 0 Å². The third kappa shape index (κ3) is 4.07. The van der Waals surface area contributed by atoms with Crippen LogP contribution >= 0.6 is 0 Å². The van der Waals surface area contributed by atoms with Crippen LogP contribution in [-0.4, -0.2) is 10.1 Å². The maximum absolute atomic E-state index is 9.42. The van der Waals surface area contributed by atoms with Crippen molar-refractivity contribution in [2.24, 2.45) is 0 Å². The molecule has 0 fully saturated rings. The molecule has 0 unspecified atom stereocenters. The molecule has 2 rings (SSSR count). The SMILES string of the molecule is CCCCc1ccc(Oc2ccc([C@@H](C)O)cn2)cc1. The van der Waals surface area contributed by atoms with Gasteiger partial charge in [-0.3, -0.25) is 0 Å². The number of aromatic nitrogens is 1. The molecule has 3 nitrogen and oxygen atoms in total. The van der Waals surface area contributed by atoms with Gasteiger partial charge >= 0.3 is 0 Å². The molecule has 1 aromatic carbocycles. The molecular formula is C17H21NO2. The third-order valence-electron chi connectivity index (χ3n) is 3.21. The van der Waals surface area contributed by atoms with Gasteiger partial charge in [-0.05, 0) is 49.1 Å². The molecular weight excluding hydrogens is 250 g/mol. The fourth-order valence-electron chi connectivity index (χ4n) is 1.93. The van der Waals surface area contributed by atoms with Gasteiger partial charge in [-0.15, -0.1) is 0 Å². The van der Waals surface area contributed by atoms with Crippen molar-refractivity contribution in [3.8, 4) is 11.6 Å². The van der Waals surface area contributed by atoms with Gasteiger partial charge in [0.2, 0.25) is 5.88 Å². The highest BCUT2D eigenvalue weighted by molar-refractivity contribution is 5.31. The van der Waals surface area contributed by atoms with Crippen LogP contribution in [0.3, 0.4) is 0 Å². The minimum Gasteiger partial charge on any atom is -0.439 e. The highest BCUT2D eigenvalue weighted by Crippen LogP contribution is 2.21. The zero-order valence-corrected chi connectivity index (χ0v) is 12.0. The minimum absolute atomic E-state index is 0.505. The Labute approximate surface area is 120 Å². The van der Waals surface area contributed by atoms with Crippen molar-refractivity contribution < 1.29 is 9.84 Å². The zero-order chi connectivity index (χ0) is 14.4. The van der Waals surface area contributed by atoms with Crippen molar-refractivity contribution in [3.05, 3.63) is 53.7 Å². The van der Waals surface area contributed by atoms with Gasteiger partial charge in [-0.25, -0.2) is 4.98 Å². The van der Waals surface area contributed by atoms with Gasteiger partial charge in [0.1, 0.15) is 5.75 Å². The summed E-state index contributed by atoms with van der Waals surface area (Å²) in [6.45, 7) is 3.91. The third-order valence-corrected chi connectivity index (χ3v) is 3.21. The van der Waals surface area contributed by atoms with E-state index in [9.17, 15) is 5.11 Å². The highest BCUT2D eigenvalue weighted by atomic mass is 16.5. The molecule has 0 saturated carbocycles. The van der Waals surface area contributed by atoms with Crippen LogP contribution in [-0.2, 0) is 6.42 Å². The molecule has 1 atom stereocenters. The van der Waals surface area contributed by atoms with E-state index in [-0.39, 0.29) is 0 Å². The molecule has 3 heteroatoms. The predicted molar refractivity (Wildman–Crippen MR) is 80.0 cm³/mol. The number of nitrogens with zero attached hydrogens (tertiary/aromatic N) is 1. The second-order valence-electron chi connectivity index (χ2n) is 4.96. The van der Waals surface area contributed by atoms with Crippen LogP contribution in [0.15, 0.2) is 42.6 Å². The molecule has 0 saturated heterocycles. The number of aliphatic hydroxyl groups is 1. The summed E-state index contributed by atoms with van der Waals surface area (Å²) in [6, 6.07) is 11.7. The number of unbranched alkanes of at least 4 members (excludes halogenated alkanes) is 1. The van der Waals surface area contributed by atoms with Gasteiger partial charge in [-0.2, -0.15) is 0 Å². The van der Waals surface area contributed by atoms with E-state index in [2.05, 4.69) is 24.0 Å². The standard InChI is InChI=1S/C17H21NO2/c1-3-4-5-14-6-9-16(10-7-14)20-17-11-8-15(12-18-17)13(2)19/h6-13,19H,3-5H2,1-2H3/t13-/m1/s1. The van der Waals surface area contributed by atoms with E-state index in [4.69, 9.17) is 4.74 Å². The summed E-state index contributed by atoms with van der Waals surface area (Å²) in [5.41, 5.74) is 2.11. The first-order valence-corrected chi connectivity index (χ1v) is 7.10. The summed E-state index contributed by atoms with van der Waals surface area (Å²) >= 11 is 0. The van der Waals surface area contributed by atoms with Gasteiger partial charge in [0, 0.05) is 12.3 Å². The second-order valence-corrected chi connectivity index (χ2v) is 4.96. The first kappa shape index (κ1) is 14.5. The van der Waals surface area contributed by atoms with Crippen LogP contribution in [0.1, 0.15) is 43.9 Å². The molecule has 2 aromatic rings. The number of benzene rings is 1. The number of pyridine rings is 1. The zero-order valence-electron chi connectivity index (χ0n) is 12.0. The summed E-state index contributed by atoms with van der Waals surface area (Å²) in [7, 11) is 0. The van der Waals surface area contributed by atoms with Crippen LogP contribution < -0.4 is 4.74 Å². The number of aryl methyl sites for hydroxylation is 1. The van der Waals surface area contributed by atoms with Crippen LogP contribution in [0.2, 0.25) is 0 Å². The van der Waals surface area contributed by atoms with E-state index in [0.717, 1.165) is 17.7 Å². The normalized spacial score (nSPS) is 12.2. The summed E-state index contributed by atoms with van der Waals surface area (Å²) in [4.78, 5) is 4.19. The number of ether oxygens (including phenoxy) is 1. The monoisotopic (exact) mass is 271 g/mol. The maximum atomic E-state index is 9.42. The van der Waals surface area contributed by atoms with E-state index < -0.39 is 6.10 Å². The minimum atomic E-state index is -0.505. The van der Waals surface area contributed by atoms with E-state index >= 15 is 0 Å². The van der Waals surface area contributed by atoms with Crippen molar-refractivity contribution in [1.82, 2.24) is 4.98 Å². The Morgan fingerprint density at radius 3 is 2.45 bits per heavy atom. The van der Waals surface area contributed by atoms with Crippen molar-refractivity contribution in [1.29, 1.82) is 0 Å². The Morgan fingerprint density at radius 1 is 1.15 bits per heavy atom. The second kappa shape index (κ2) is 7.06. The number of aliphatic hydroxyl groups excluding tert-OH is 1. The molecule has 0 spiro atoms. The fraction of sp³-hybridized carbons (Fsp3) is 0.353. The summed E-state index contributed by atoms with van der Waals surface area (Å²) < 4.78 is 5.68. The molecule has 1 aromatic heterocycles. The fourth-order valence-corrected chi connectivity index (χ4v) is 1.93. The molecule has 0 aliphatic carbocycles. The quantitative estimate of drug-likeness (QED) is 0.853. The van der Waals surface area contributed by atoms with Gasteiger partial charge in [0.25, 0.3) is 0 Å². The average Bonchev–Trinajstić information content (AvgIpc) is 2.47. The van der Waals surface area contributed by atoms with E-state index in [0.29, 0.717) is 5.88 Å². The first-order chi connectivity index (χ1) is 9.69. The Kier molecular flexibility index (Phi) is 5.13. The largest absolute Gasteiger partial charge is 0.439 e. The van der Waals surface area contributed by atoms with Crippen LogP contribution in [0.25, 0.3) is 0 Å². The Bertz CT molecular complexity index is 518. The molecule has 0 aliphatic rings. The summed E-state index contributed by atoms with van der Waals surface area (Å²) in [6.07, 6.45) is 4.66. The molecule has 0 aliphatic heterocycles. The Hall–Kier alpha value is -1.87. The topological polar surface area (TPSA) is 42.4 Å². The summed E-state index contributed by atoms with van der Waals surface area (Å²) in [5, 5.41) is 9.42. The van der Waals surface area contributed by atoms with E-state index in [1.54, 1.807) is 19.2 Å². The Morgan fingerprint density at radius 2 is 1.90 bits per heavy atom. The van der Waals surface area contributed by atoms with Crippen molar-refractivity contribution >= 4 is 0 Å². The van der Waals surface area contributed by atoms with E-state index in [1.165, 1.54) is 18.4 Å².